The molecule has 110 valence electrons. The van der Waals surface area contributed by atoms with Crippen molar-refractivity contribution < 1.29 is 14.3 Å². The van der Waals surface area contributed by atoms with Crippen LogP contribution in [0.15, 0.2) is 24.3 Å². The number of halogens is 1. The van der Waals surface area contributed by atoms with E-state index in [9.17, 15) is 9.59 Å². The van der Waals surface area contributed by atoms with Gasteiger partial charge in [-0.15, -0.1) is 11.6 Å². The summed E-state index contributed by atoms with van der Waals surface area (Å²) in [5, 5.41) is 0. The first kappa shape index (κ1) is 16.7. The molecule has 0 aromatic heterocycles. The van der Waals surface area contributed by atoms with Crippen LogP contribution in [0.5, 0.6) is 0 Å². The Morgan fingerprint density at radius 2 is 1.95 bits per heavy atom. The maximum absolute atomic E-state index is 12.1. The fourth-order valence-electron chi connectivity index (χ4n) is 1.90. The lowest BCUT2D eigenvalue weighted by Crippen LogP contribution is -2.09. The number of hydrogen-bond acceptors (Lipinski definition) is 3. The zero-order valence-corrected chi connectivity index (χ0v) is 12.6. The SMILES string of the molecule is CCCOC(=O)CCc1ccccc1C(=O)CCCCl. The van der Waals surface area contributed by atoms with Crippen molar-refractivity contribution in [2.75, 3.05) is 12.5 Å². The van der Waals surface area contributed by atoms with Gasteiger partial charge in [0.05, 0.1) is 6.61 Å². The summed E-state index contributed by atoms with van der Waals surface area (Å²) in [6, 6.07) is 7.42. The van der Waals surface area contributed by atoms with Gasteiger partial charge in [-0.1, -0.05) is 31.2 Å². The van der Waals surface area contributed by atoms with Gasteiger partial charge in [-0.25, -0.2) is 0 Å². The first-order valence-electron chi connectivity index (χ1n) is 7.01. The van der Waals surface area contributed by atoms with Crippen molar-refractivity contribution in [2.45, 2.75) is 39.0 Å². The Kier molecular flexibility index (Phi) is 7.97. The monoisotopic (exact) mass is 296 g/mol. The van der Waals surface area contributed by atoms with Crippen molar-refractivity contribution in [1.82, 2.24) is 0 Å². The molecule has 0 radical (unpaired) electrons. The number of aryl methyl sites for hydroxylation is 1. The van der Waals surface area contributed by atoms with Gasteiger partial charge in [0, 0.05) is 24.3 Å². The number of alkyl halides is 1. The number of carbonyl (C=O) groups excluding carboxylic acids is 2. The third-order valence-electron chi connectivity index (χ3n) is 2.92. The fourth-order valence-corrected chi connectivity index (χ4v) is 2.03. The number of carbonyl (C=O) groups is 2. The molecule has 0 fully saturated rings. The van der Waals surface area contributed by atoms with Gasteiger partial charge < -0.3 is 4.74 Å². The molecule has 20 heavy (non-hydrogen) atoms. The lowest BCUT2D eigenvalue weighted by molar-refractivity contribution is -0.143. The van der Waals surface area contributed by atoms with Crippen molar-refractivity contribution in [3.05, 3.63) is 35.4 Å². The third kappa shape index (κ3) is 5.74. The third-order valence-corrected chi connectivity index (χ3v) is 3.19. The smallest absolute Gasteiger partial charge is 0.306 e. The normalized spacial score (nSPS) is 10.3. The number of Topliss-reactive ketones (excluding diaryl/α,β-unsaturated/α-hetero) is 1. The first-order chi connectivity index (χ1) is 9.69. The molecular formula is C16H21ClO3. The van der Waals surface area contributed by atoms with E-state index in [-0.39, 0.29) is 11.8 Å². The number of hydrogen-bond donors (Lipinski definition) is 0. The molecule has 0 N–H and O–H groups in total. The van der Waals surface area contributed by atoms with E-state index >= 15 is 0 Å². The van der Waals surface area contributed by atoms with Gasteiger partial charge in [-0.2, -0.15) is 0 Å². The summed E-state index contributed by atoms with van der Waals surface area (Å²) in [4.78, 5) is 23.6. The van der Waals surface area contributed by atoms with E-state index in [1.54, 1.807) is 0 Å². The predicted octanol–water partition coefficient (Wildman–Crippen LogP) is 3.77. The van der Waals surface area contributed by atoms with Crippen molar-refractivity contribution in [3.63, 3.8) is 0 Å². The highest BCUT2D eigenvalue weighted by Gasteiger charge is 2.12. The van der Waals surface area contributed by atoms with Gasteiger partial charge in [0.1, 0.15) is 0 Å². The van der Waals surface area contributed by atoms with E-state index in [1.165, 1.54) is 0 Å². The van der Waals surface area contributed by atoms with Crippen molar-refractivity contribution in [2.24, 2.45) is 0 Å². The second-order valence-electron chi connectivity index (χ2n) is 4.59. The van der Waals surface area contributed by atoms with Crippen LogP contribution in [-0.4, -0.2) is 24.2 Å². The molecule has 0 spiro atoms. The number of esters is 1. The maximum Gasteiger partial charge on any atom is 0.306 e. The van der Waals surface area contributed by atoms with Crippen LogP contribution in [0.2, 0.25) is 0 Å². The zero-order chi connectivity index (χ0) is 14.8. The van der Waals surface area contributed by atoms with Crippen LogP contribution in [0.3, 0.4) is 0 Å². The molecule has 0 bridgehead atoms. The molecule has 0 saturated heterocycles. The number of rotatable bonds is 9. The second-order valence-corrected chi connectivity index (χ2v) is 4.97. The van der Waals surface area contributed by atoms with E-state index in [0.29, 0.717) is 43.7 Å². The molecule has 1 aromatic carbocycles. The van der Waals surface area contributed by atoms with Crippen LogP contribution >= 0.6 is 11.6 Å². The number of benzene rings is 1. The molecule has 0 aliphatic heterocycles. The molecular weight excluding hydrogens is 276 g/mol. The standard InChI is InChI=1S/C16H21ClO3/c1-2-12-20-16(19)10-9-13-6-3-4-7-14(13)15(18)8-5-11-17/h3-4,6-7H,2,5,8-12H2,1H3. The molecule has 0 aliphatic rings. The van der Waals surface area contributed by atoms with Gasteiger partial charge in [0.2, 0.25) is 0 Å². The number of ether oxygens (including phenoxy) is 1. The van der Waals surface area contributed by atoms with E-state index in [0.717, 1.165) is 12.0 Å². The predicted molar refractivity (Wildman–Crippen MR) is 80.3 cm³/mol. The highest BCUT2D eigenvalue weighted by Crippen LogP contribution is 2.15. The van der Waals surface area contributed by atoms with Gasteiger partial charge in [-0.05, 0) is 24.8 Å². The maximum atomic E-state index is 12.1. The minimum Gasteiger partial charge on any atom is -0.466 e. The largest absolute Gasteiger partial charge is 0.466 e. The molecule has 1 aromatic rings. The summed E-state index contributed by atoms with van der Waals surface area (Å²) in [5.41, 5.74) is 1.60. The Labute approximate surface area is 125 Å². The minimum atomic E-state index is -0.213. The summed E-state index contributed by atoms with van der Waals surface area (Å²) in [7, 11) is 0. The summed E-state index contributed by atoms with van der Waals surface area (Å²) in [6.45, 7) is 2.41. The Morgan fingerprint density at radius 1 is 1.20 bits per heavy atom. The average Bonchev–Trinajstić information content (AvgIpc) is 2.48. The van der Waals surface area contributed by atoms with Crippen molar-refractivity contribution in [3.8, 4) is 0 Å². The molecule has 3 nitrogen and oxygen atoms in total. The van der Waals surface area contributed by atoms with Crippen LogP contribution in [-0.2, 0) is 16.0 Å². The van der Waals surface area contributed by atoms with E-state index < -0.39 is 0 Å². The Morgan fingerprint density at radius 3 is 2.65 bits per heavy atom. The molecule has 0 atom stereocenters. The summed E-state index contributed by atoms with van der Waals surface area (Å²) in [6.07, 6.45) is 2.78. The van der Waals surface area contributed by atoms with Crippen LogP contribution in [0, 0.1) is 0 Å². The van der Waals surface area contributed by atoms with Gasteiger partial charge in [0.15, 0.2) is 5.78 Å². The van der Waals surface area contributed by atoms with E-state index in [4.69, 9.17) is 16.3 Å². The lowest BCUT2D eigenvalue weighted by Gasteiger charge is -2.08. The molecule has 0 unspecified atom stereocenters. The van der Waals surface area contributed by atoms with Crippen molar-refractivity contribution >= 4 is 23.4 Å². The molecule has 0 heterocycles. The molecule has 1 rings (SSSR count). The highest BCUT2D eigenvalue weighted by molar-refractivity contribution is 6.18. The lowest BCUT2D eigenvalue weighted by atomic mass is 9.97. The second kappa shape index (κ2) is 9.54. The summed E-state index contributed by atoms with van der Waals surface area (Å²) < 4.78 is 5.04. The Balaban J connectivity index is 2.61. The summed E-state index contributed by atoms with van der Waals surface area (Å²) in [5.74, 6) is 0.357. The fraction of sp³-hybridized carbons (Fsp3) is 0.500. The minimum absolute atomic E-state index is 0.0863. The topological polar surface area (TPSA) is 43.4 Å². The zero-order valence-electron chi connectivity index (χ0n) is 11.9. The van der Waals surface area contributed by atoms with E-state index in [1.807, 2.05) is 31.2 Å². The van der Waals surface area contributed by atoms with Crippen LogP contribution in [0.1, 0.15) is 48.5 Å². The van der Waals surface area contributed by atoms with Gasteiger partial charge >= 0.3 is 5.97 Å². The van der Waals surface area contributed by atoms with Crippen LogP contribution in [0.25, 0.3) is 0 Å². The molecule has 0 amide bonds. The van der Waals surface area contributed by atoms with E-state index in [2.05, 4.69) is 0 Å². The average molecular weight is 297 g/mol. The van der Waals surface area contributed by atoms with Gasteiger partial charge in [0.25, 0.3) is 0 Å². The molecule has 4 heteroatoms. The highest BCUT2D eigenvalue weighted by atomic mass is 35.5. The Bertz CT molecular complexity index is 443. The molecule has 0 aliphatic carbocycles. The molecule has 0 saturated carbocycles. The number of ketones is 1. The van der Waals surface area contributed by atoms with Crippen molar-refractivity contribution in [1.29, 1.82) is 0 Å². The van der Waals surface area contributed by atoms with Crippen LogP contribution in [0.4, 0.5) is 0 Å². The Hall–Kier alpha value is -1.35. The van der Waals surface area contributed by atoms with Crippen LogP contribution < -0.4 is 0 Å². The van der Waals surface area contributed by atoms with Gasteiger partial charge in [-0.3, -0.25) is 9.59 Å². The summed E-state index contributed by atoms with van der Waals surface area (Å²) >= 11 is 5.61. The first-order valence-corrected chi connectivity index (χ1v) is 7.55. The quantitative estimate of drug-likeness (QED) is 0.396.